The van der Waals surface area contributed by atoms with Crippen LogP contribution in [-0.4, -0.2) is 54.9 Å². The van der Waals surface area contributed by atoms with E-state index in [1.165, 1.54) is 7.05 Å². The number of nitrogens with one attached hydrogen (secondary N) is 2. The summed E-state index contributed by atoms with van der Waals surface area (Å²) in [6.45, 7) is 0.431. The fourth-order valence-corrected chi connectivity index (χ4v) is 6.65. The number of benzene rings is 3. The molecule has 2 fully saturated rings. The lowest BCUT2D eigenvalue weighted by atomic mass is 9.98. The first kappa shape index (κ1) is 28.0. The van der Waals surface area contributed by atoms with Crippen LogP contribution in [-0.2, 0) is 11.3 Å². The summed E-state index contributed by atoms with van der Waals surface area (Å²) >= 11 is 6.19. The third-order valence-electron chi connectivity index (χ3n) is 8.72. The normalized spacial score (nSPS) is 23.5. The van der Waals surface area contributed by atoms with Crippen molar-refractivity contribution in [3.8, 4) is 23.0 Å². The average Bonchev–Trinajstić information content (AvgIpc) is 3.59. The number of anilines is 1. The lowest BCUT2D eigenvalue weighted by Crippen LogP contribution is -2.41. The van der Waals surface area contributed by atoms with E-state index in [2.05, 4.69) is 39.6 Å². The van der Waals surface area contributed by atoms with Gasteiger partial charge in [-0.15, -0.1) is 0 Å². The number of aromatic nitrogens is 4. The summed E-state index contributed by atoms with van der Waals surface area (Å²) in [4.78, 5) is 26.8. The zero-order valence-electron chi connectivity index (χ0n) is 23.8. The van der Waals surface area contributed by atoms with Crippen LogP contribution in [0.4, 0.5) is 5.82 Å². The first-order valence-electron chi connectivity index (χ1n) is 14.4. The smallest absolute Gasteiger partial charge is 0.229 e. The Morgan fingerprint density at radius 2 is 1.80 bits per heavy atom. The number of carbonyl (C=O) groups is 1. The van der Waals surface area contributed by atoms with Crippen LogP contribution >= 0.6 is 11.6 Å². The first-order chi connectivity index (χ1) is 21.4. The molecule has 2 unspecified atom stereocenters. The zero-order chi connectivity index (χ0) is 30.4. The molecule has 2 aromatic heterocycles. The molecule has 10 heteroatoms. The number of hydrogen-bond donors (Lipinski definition) is 4. The van der Waals surface area contributed by atoms with Crippen molar-refractivity contribution in [2.24, 2.45) is 11.3 Å². The molecule has 2 aliphatic rings. The molecule has 4 N–H and O–H groups in total. The standard InChI is InChI=1S/C34H29ClN6O3/c1-36-33(44)34-17-25(34)28(29(42)30(34)43)41-19-38-27-31(37-18-21-6-5-9-24(35)16-21)39-26(40-32(27)41)15-12-20-10-13-23(14-11-20)22-7-3-2-4-8-22/h2-11,13-14,16,19,25,28-30,42-43H,17-18H2,1H3,(H,36,44)(H,37,39,40)/t25?,28-,29+,30+,34?/m1/s1. The second kappa shape index (κ2) is 11.1. The van der Waals surface area contributed by atoms with E-state index in [4.69, 9.17) is 21.6 Å². The molecule has 2 saturated carbocycles. The van der Waals surface area contributed by atoms with Gasteiger partial charge in [-0.2, -0.15) is 0 Å². The maximum atomic E-state index is 12.7. The monoisotopic (exact) mass is 604 g/mol. The van der Waals surface area contributed by atoms with E-state index in [1.807, 2.05) is 66.7 Å². The lowest BCUT2D eigenvalue weighted by Gasteiger charge is -2.23. The molecule has 5 aromatic rings. The molecule has 2 heterocycles. The van der Waals surface area contributed by atoms with Crippen molar-refractivity contribution in [3.05, 3.63) is 107 Å². The zero-order valence-corrected chi connectivity index (χ0v) is 24.5. The number of nitrogens with zero attached hydrogens (tertiary/aromatic N) is 4. The van der Waals surface area contributed by atoms with Crippen LogP contribution in [0.1, 0.15) is 29.4 Å². The number of carbonyl (C=O) groups excluding carboxylic acids is 1. The van der Waals surface area contributed by atoms with Crippen molar-refractivity contribution in [2.75, 3.05) is 12.4 Å². The Morgan fingerprint density at radius 3 is 2.55 bits per heavy atom. The van der Waals surface area contributed by atoms with Gasteiger partial charge in [0.15, 0.2) is 17.0 Å². The van der Waals surface area contributed by atoms with E-state index in [1.54, 1.807) is 10.9 Å². The number of rotatable bonds is 6. The third-order valence-corrected chi connectivity index (χ3v) is 8.96. The fourth-order valence-electron chi connectivity index (χ4n) is 6.44. The summed E-state index contributed by atoms with van der Waals surface area (Å²) in [7, 11) is 1.54. The SMILES string of the molecule is CNC(=O)C12CC1[C@@H](n1cnc3c(NCc4cccc(Cl)c4)nc(C#Cc4ccc(-c5ccccc5)cc4)nc31)[C@H](O)[C@@H]2O. The van der Waals surface area contributed by atoms with Crippen molar-refractivity contribution in [1.29, 1.82) is 0 Å². The molecule has 44 heavy (non-hydrogen) atoms. The maximum absolute atomic E-state index is 12.7. The summed E-state index contributed by atoms with van der Waals surface area (Å²) in [5.41, 5.74) is 3.90. The molecule has 3 aromatic carbocycles. The van der Waals surface area contributed by atoms with Crippen LogP contribution in [0.3, 0.4) is 0 Å². The van der Waals surface area contributed by atoms with E-state index < -0.39 is 23.7 Å². The number of hydrogen-bond acceptors (Lipinski definition) is 7. The number of halogens is 1. The Hall–Kier alpha value is -4.75. The van der Waals surface area contributed by atoms with Gasteiger partial charge in [-0.1, -0.05) is 72.1 Å². The van der Waals surface area contributed by atoms with Crippen molar-refractivity contribution < 1.29 is 15.0 Å². The van der Waals surface area contributed by atoms with Gasteiger partial charge in [0.05, 0.1) is 23.9 Å². The van der Waals surface area contributed by atoms with Gasteiger partial charge in [0.25, 0.3) is 0 Å². The van der Waals surface area contributed by atoms with Gasteiger partial charge in [0.2, 0.25) is 11.7 Å². The molecule has 0 saturated heterocycles. The molecule has 9 nitrogen and oxygen atoms in total. The van der Waals surface area contributed by atoms with Crippen LogP contribution in [0.15, 0.2) is 85.2 Å². The van der Waals surface area contributed by atoms with E-state index in [9.17, 15) is 15.0 Å². The van der Waals surface area contributed by atoms with Gasteiger partial charge in [0.1, 0.15) is 6.10 Å². The predicted molar refractivity (Wildman–Crippen MR) is 168 cm³/mol. The van der Waals surface area contributed by atoms with E-state index >= 15 is 0 Å². The fraction of sp³-hybridized carbons (Fsp3) is 0.235. The molecular formula is C34H29ClN6O3. The highest BCUT2D eigenvalue weighted by atomic mass is 35.5. The van der Waals surface area contributed by atoms with Crippen LogP contribution < -0.4 is 10.6 Å². The number of aliphatic hydroxyl groups is 2. The second-order valence-corrected chi connectivity index (χ2v) is 11.7. The number of fused-ring (bicyclic) bond motifs is 2. The Balaban J connectivity index is 1.25. The molecular weight excluding hydrogens is 576 g/mol. The molecule has 2 aliphatic carbocycles. The molecule has 1 amide bonds. The number of aliphatic hydroxyl groups excluding tert-OH is 2. The molecule has 0 radical (unpaired) electrons. The van der Waals surface area contributed by atoms with E-state index in [0.29, 0.717) is 35.0 Å². The van der Waals surface area contributed by atoms with Gasteiger partial charge in [-0.3, -0.25) is 4.79 Å². The Labute approximate surface area is 259 Å². The van der Waals surface area contributed by atoms with Gasteiger partial charge in [-0.25, -0.2) is 15.0 Å². The molecule has 5 atom stereocenters. The van der Waals surface area contributed by atoms with Crippen LogP contribution in [0.25, 0.3) is 22.3 Å². The van der Waals surface area contributed by atoms with Gasteiger partial charge < -0.3 is 25.4 Å². The van der Waals surface area contributed by atoms with Gasteiger partial charge in [0, 0.05) is 30.1 Å². The van der Waals surface area contributed by atoms with Crippen molar-refractivity contribution >= 4 is 34.5 Å². The summed E-state index contributed by atoms with van der Waals surface area (Å²) in [6, 6.07) is 25.0. The Morgan fingerprint density at radius 1 is 1.02 bits per heavy atom. The second-order valence-electron chi connectivity index (χ2n) is 11.3. The van der Waals surface area contributed by atoms with E-state index in [-0.39, 0.29) is 17.6 Å². The van der Waals surface area contributed by atoms with Crippen LogP contribution in [0.5, 0.6) is 0 Å². The van der Waals surface area contributed by atoms with Gasteiger partial charge >= 0.3 is 0 Å². The topological polar surface area (TPSA) is 125 Å². The third kappa shape index (κ3) is 4.77. The lowest BCUT2D eigenvalue weighted by molar-refractivity contribution is -0.132. The summed E-state index contributed by atoms with van der Waals surface area (Å²) in [6.07, 6.45) is -0.317. The van der Waals surface area contributed by atoms with Crippen LogP contribution in [0, 0.1) is 23.2 Å². The van der Waals surface area contributed by atoms with Crippen molar-refractivity contribution in [2.45, 2.75) is 31.2 Å². The minimum Gasteiger partial charge on any atom is -0.389 e. The number of amides is 1. The predicted octanol–water partition coefficient (Wildman–Crippen LogP) is 4.19. The number of imidazole rings is 1. The molecule has 220 valence electrons. The molecule has 7 rings (SSSR count). The average molecular weight is 605 g/mol. The highest BCUT2D eigenvalue weighted by Gasteiger charge is 2.75. The molecule has 0 aliphatic heterocycles. The first-order valence-corrected chi connectivity index (χ1v) is 14.8. The van der Waals surface area contributed by atoms with Crippen LogP contribution in [0.2, 0.25) is 5.02 Å². The van der Waals surface area contributed by atoms with Crippen molar-refractivity contribution in [3.63, 3.8) is 0 Å². The maximum Gasteiger partial charge on any atom is 0.229 e. The van der Waals surface area contributed by atoms with Gasteiger partial charge in [-0.05, 0) is 53.3 Å². The minimum absolute atomic E-state index is 0.264. The molecule has 0 bridgehead atoms. The highest BCUT2D eigenvalue weighted by molar-refractivity contribution is 6.30. The Kier molecular flexibility index (Phi) is 7.05. The highest BCUT2D eigenvalue weighted by Crippen LogP contribution is 2.67. The summed E-state index contributed by atoms with van der Waals surface area (Å²) in [5.74, 6) is 6.46. The minimum atomic E-state index is -1.20. The Bertz CT molecular complexity index is 1930. The largest absolute Gasteiger partial charge is 0.389 e. The quantitative estimate of drug-likeness (QED) is 0.214. The molecule has 0 spiro atoms. The summed E-state index contributed by atoms with van der Waals surface area (Å²) < 4.78 is 1.75. The van der Waals surface area contributed by atoms with Crippen molar-refractivity contribution in [1.82, 2.24) is 24.8 Å². The van der Waals surface area contributed by atoms with E-state index in [0.717, 1.165) is 22.3 Å². The summed E-state index contributed by atoms with van der Waals surface area (Å²) in [5, 5.41) is 28.6.